The summed E-state index contributed by atoms with van der Waals surface area (Å²) in [6.45, 7) is 0. The molecule has 0 aliphatic rings. The van der Waals surface area contributed by atoms with E-state index in [1.54, 1.807) is 0 Å². The molecule has 21 heavy (non-hydrogen) atoms. The zero-order valence-electron chi connectivity index (χ0n) is 10.6. The zero-order chi connectivity index (χ0) is 15.0. The molecule has 3 aromatic rings. The molecule has 0 bridgehead atoms. The van der Waals surface area contributed by atoms with Gasteiger partial charge in [0.25, 0.3) is 10.0 Å². The normalized spacial score (nSPS) is 11.7. The minimum absolute atomic E-state index is 0.0609. The van der Waals surface area contributed by atoms with Crippen LogP contribution in [0.1, 0.15) is 0 Å². The van der Waals surface area contributed by atoms with Gasteiger partial charge in [-0.2, -0.15) is 0 Å². The lowest BCUT2D eigenvalue weighted by atomic mass is 10.3. The molecular formula is C13H10ClN3O2S2. The van der Waals surface area contributed by atoms with E-state index in [1.165, 1.54) is 29.5 Å². The smallest absolute Gasteiger partial charge is 0.265 e. The molecule has 3 N–H and O–H groups in total. The van der Waals surface area contributed by atoms with Gasteiger partial charge in [0.2, 0.25) is 0 Å². The van der Waals surface area contributed by atoms with Crippen LogP contribution in [0.2, 0.25) is 5.02 Å². The number of aromatic nitrogens is 1. The minimum atomic E-state index is -3.83. The maximum Gasteiger partial charge on any atom is 0.265 e. The van der Waals surface area contributed by atoms with Crippen molar-refractivity contribution in [3.8, 4) is 0 Å². The summed E-state index contributed by atoms with van der Waals surface area (Å²) in [4.78, 5) is 4.17. The molecule has 0 unspecified atom stereocenters. The van der Waals surface area contributed by atoms with Gasteiger partial charge in [0.05, 0.1) is 15.9 Å². The van der Waals surface area contributed by atoms with Crippen LogP contribution in [0.4, 0.5) is 10.8 Å². The van der Waals surface area contributed by atoms with Crippen molar-refractivity contribution in [3.63, 3.8) is 0 Å². The molecule has 0 aliphatic carbocycles. The van der Waals surface area contributed by atoms with Gasteiger partial charge in [-0.1, -0.05) is 35.1 Å². The van der Waals surface area contributed by atoms with Crippen LogP contribution in [0.25, 0.3) is 10.2 Å². The molecule has 0 atom stereocenters. The van der Waals surface area contributed by atoms with Crippen LogP contribution in [0.15, 0.2) is 47.4 Å². The average Bonchev–Trinajstić information content (AvgIpc) is 2.82. The first-order chi connectivity index (χ1) is 9.95. The van der Waals surface area contributed by atoms with E-state index in [1.807, 2.05) is 24.3 Å². The third-order valence-corrected chi connectivity index (χ3v) is 5.49. The Labute approximate surface area is 130 Å². The molecule has 5 nitrogen and oxygen atoms in total. The number of hydrogen-bond donors (Lipinski definition) is 2. The number of nitrogen functional groups attached to an aromatic ring is 1. The van der Waals surface area contributed by atoms with Gasteiger partial charge in [-0.15, -0.1) is 0 Å². The summed E-state index contributed by atoms with van der Waals surface area (Å²) >= 11 is 7.08. The summed E-state index contributed by atoms with van der Waals surface area (Å²) in [5.74, 6) is 0. The number of nitrogens with zero attached hydrogens (tertiary/aromatic N) is 1. The molecule has 0 spiro atoms. The standard InChI is InChI=1S/C13H10ClN3O2S2/c14-8-5-6-9(15)12(7-8)21(18,19)17-13-16-10-3-1-2-4-11(10)20-13/h1-7H,15H2,(H,16,17). The molecule has 0 saturated carbocycles. The molecule has 8 heteroatoms. The van der Waals surface area contributed by atoms with Crippen LogP contribution in [0.5, 0.6) is 0 Å². The van der Waals surface area contributed by atoms with Crippen molar-refractivity contribution in [1.82, 2.24) is 4.98 Å². The SMILES string of the molecule is Nc1ccc(Cl)cc1S(=O)(=O)Nc1nc2ccccc2s1. The molecule has 0 fully saturated rings. The number of fused-ring (bicyclic) bond motifs is 1. The van der Waals surface area contributed by atoms with Gasteiger partial charge >= 0.3 is 0 Å². The van der Waals surface area contributed by atoms with Gasteiger partial charge in [0.15, 0.2) is 5.13 Å². The molecule has 0 amide bonds. The number of sulfonamides is 1. The van der Waals surface area contributed by atoms with Crippen molar-refractivity contribution in [2.45, 2.75) is 4.90 Å². The van der Waals surface area contributed by atoms with Gasteiger partial charge in [0, 0.05) is 5.02 Å². The molecule has 0 radical (unpaired) electrons. The second kappa shape index (κ2) is 5.18. The predicted octanol–water partition coefficient (Wildman–Crippen LogP) is 3.33. The van der Waals surface area contributed by atoms with Gasteiger partial charge in [-0.3, -0.25) is 4.72 Å². The number of para-hydroxylation sites is 1. The predicted molar refractivity (Wildman–Crippen MR) is 86.3 cm³/mol. The minimum Gasteiger partial charge on any atom is -0.398 e. The number of thiazole rings is 1. The topological polar surface area (TPSA) is 85.1 Å². The van der Waals surface area contributed by atoms with Gasteiger partial charge in [-0.25, -0.2) is 13.4 Å². The van der Waals surface area contributed by atoms with Gasteiger partial charge < -0.3 is 5.73 Å². The van der Waals surface area contributed by atoms with Crippen LogP contribution < -0.4 is 10.5 Å². The fourth-order valence-electron chi connectivity index (χ4n) is 1.83. The summed E-state index contributed by atoms with van der Waals surface area (Å²) < 4.78 is 28.1. The number of hydrogen-bond acceptors (Lipinski definition) is 5. The Bertz CT molecular complexity index is 889. The third-order valence-electron chi connectivity index (χ3n) is 2.78. The Kier molecular flexibility index (Phi) is 3.48. The maximum atomic E-state index is 12.4. The number of benzene rings is 2. The lowest BCUT2D eigenvalue weighted by Crippen LogP contribution is -2.14. The van der Waals surface area contributed by atoms with Crippen molar-refractivity contribution in [2.24, 2.45) is 0 Å². The summed E-state index contributed by atoms with van der Waals surface area (Å²) in [5, 5.41) is 0.587. The van der Waals surface area contributed by atoms with Crippen LogP contribution in [-0.4, -0.2) is 13.4 Å². The fourth-order valence-corrected chi connectivity index (χ4v) is 4.32. The molecule has 0 aliphatic heterocycles. The van der Waals surface area contributed by atoms with Crippen LogP contribution in [-0.2, 0) is 10.0 Å². The Morgan fingerprint density at radius 1 is 1.19 bits per heavy atom. The van der Waals surface area contributed by atoms with Crippen molar-refractivity contribution >= 4 is 54.0 Å². The molecular weight excluding hydrogens is 330 g/mol. The molecule has 1 aromatic heterocycles. The highest BCUT2D eigenvalue weighted by Gasteiger charge is 2.19. The summed E-state index contributed by atoms with van der Waals surface area (Å²) in [6, 6.07) is 11.7. The number of rotatable bonds is 3. The number of halogens is 1. The van der Waals surface area contributed by atoms with Gasteiger partial charge in [-0.05, 0) is 30.3 Å². The van der Waals surface area contributed by atoms with Crippen molar-refractivity contribution < 1.29 is 8.42 Å². The highest BCUT2D eigenvalue weighted by molar-refractivity contribution is 7.93. The summed E-state index contributed by atoms with van der Waals surface area (Å²) in [5.41, 5.74) is 6.58. The Morgan fingerprint density at radius 2 is 1.95 bits per heavy atom. The number of nitrogens with two attached hydrogens (primary N) is 1. The van der Waals surface area contributed by atoms with E-state index in [9.17, 15) is 8.42 Å². The molecule has 108 valence electrons. The first-order valence-corrected chi connectivity index (χ1v) is 8.57. The van der Waals surface area contributed by atoms with Crippen LogP contribution in [0, 0.1) is 0 Å². The van der Waals surface area contributed by atoms with E-state index in [-0.39, 0.29) is 15.7 Å². The molecule has 3 rings (SSSR count). The van der Waals surface area contributed by atoms with Crippen LogP contribution >= 0.6 is 22.9 Å². The molecule has 1 heterocycles. The first-order valence-electron chi connectivity index (χ1n) is 5.89. The molecule has 0 saturated heterocycles. The van der Waals surface area contributed by atoms with Crippen LogP contribution in [0.3, 0.4) is 0 Å². The summed E-state index contributed by atoms with van der Waals surface area (Å²) in [6.07, 6.45) is 0. The quantitative estimate of drug-likeness (QED) is 0.717. The first kappa shape index (κ1) is 14.1. The number of nitrogens with one attached hydrogen (secondary N) is 1. The Balaban J connectivity index is 2.01. The maximum absolute atomic E-state index is 12.4. The second-order valence-corrected chi connectivity index (χ2v) is 7.39. The monoisotopic (exact) mass is 339 g/mol. The largest absolute Gasteiger partial charge is 0.398 e. The Morgan fingerprint density at radius 3 is 2.71 bits per heavy atom. The van der Waals surface area contributed by atoms with E-state index >= 15 is 0 Å². The zero-order valence-corrected chi connectivity index (χ0v) is 13.0. The van der Waals surface area contributed by atoms with E-state index in [2.05, 4.69) is 9.71 Å². The highest BCUT2D eigenvalue weighted by atomic mass is 35.5. The lowest BCUT2D eigenvalue weighted by molar-refractivity contribution is 0.601. The van der Waals surface area contributed by atoms with Crippen molar-refractivity contribution in [2.75, 3.05) is 10.5 Å². The van der Waals surface area contributed by atoms with E-state index in [0.29, 0.717) is 5.02 Å². The third kappa shape index (κ3) is 2.80. The van der Waals surface area contributed by atoms with E-state index < -0.39 is 10.0 Å². The fraction of sp³-hybridized carbons (Fsp3) is 0. The number of anilines is 2. The second-order valence-electron chi connectivity index (χ2n) is 4.27. The highest BCUT2D eigenvalue weighted by Crippen LogP contribution is 2.29. The molecule has 2 aromatic carbocycles. The summed E-state index contributed by atoms with van der Waals surface area (Å²) in [7, 11) is -3.83. The van der Waals surface area contributed by atoms with Gasteiger partial charge in [0.1, 0.15) is 4.90 Å². The van der Waals surface area contributed by atoms with Crippen molar-refractivity contribution in [3.05, 3.63) is 47.5 Å². The van der Waals surface area contributed by atoms with Crippen molar-refractivity contribution in [1.29, 1.82) is 0 Å². The van der Waals surface area contributed by atoms with E-state index in [4.69, 9.17) is 17.3 Å². The lowest BCUT2D eigenvalue weighted by Gasteiger charge is -2.08. The average molecular weight is 340 g/mol. The Hall–Kier alpha value is -1.83. The van der Waals surface area contributed by atoms with E-state index in [0.717, 1.165) is 10.2 Å².